The molecule has 0 aliphatic carbocycles. The molecule has 1 aromatic rings. The van der Waals surface area contributed by atoms with Crippen LogP contribution >= 0.6 is 0 Å². The second-order valence-corrected chi connectivity index (χ2v) is 7.54. The number of rotatable bonds is 7. The maximum absolute atomic E-state index is 11.1. The summed E-state index contributed by atoms with van der Waals surface area (Å²) in [5.41, 5.74) is 1.43. The Morgan fingerprint density at radius 1 is 1.39 bits per heavy atom. The fourth-order valence-corrected chi connectivity index (χ4v) is 3.46. The molecule has 23 heavy (non-hydrogen) atoms. The molecule has 0 amide bonds. The molecule has 6 nitrogen and oxygen atoms in total. The van der Waals surface area contributed by atoms with Gasteiger partial charge in [-0.2, -0.15) is 13.1 Å². The van der Waals surface area contributed by atoms with E-state index in [1.54, 1.807) is 0 Å². The molecule has 2 atom stereocenters. The summed E-state index contributed by atoms with van der Waals surface area (Å²) in [4.78, 5) is 0. The van der Waals surface area contributed by atoms with Crippen LogP contribution in [-0.2, 0) is 20.5 Å². The third-order valence-electron chi connectivity index (χ3n) is 4.10. The molecule has 0 radical (unpaired) electrons. The van der Waals surface area contributed by atoms with Crippen LogP contribution in [0, 0.1) is 0 Å². The molecule has 130 valence electrons. The second kappa shape index (κ2) is 6.76. The van der Waals surface area contributed by atoms with Crippen molar-refractivity contribution >= 4 is 10.3 Å². The molecule has 0 fully saturated rings. The van der Waals surface area contributed by atoms with Gasteiger partial charge in [0.15, 0.2) is 0 Å². The van der Waals surface area contributed by atoms with Crippen LogP contribution in [-0.4, -0.2) is 25.9 Å². The fourth-order valence-electron chi connectivity index (χ4n) is 2.79. The molecule has 2 N–H and O–H groups in total. The van der Waals surface area contributed by atoms with Crippen molar-refractivity contribution in [2.45, 2.75) is 58.3 Å². The van der Waals surface area contributed by atoms with E-state index >= 15 is 0 Å². The van der Waals surface area contributed by atoms with E-state index in [4.69, 9.17) is 14.0 Å². The van der Waals surface area contributed by atoms with Gasteiger partial charge in [-0.25, -0.2) is 0 Å². The van der Waals surface area contributed by atoms with Crippen LogP contribution in [0.3, 0.4) is 0 Å². The van der Waals surface area contributed by atoms with Crippen molar-refractivity contribution in [3.63, 3.8) is 0 Å². The third-order valence-corrected chi connectivity index (χ3v) is 4.68. The van der Waals surface area contributed by atoms with Crippen LogP contribution in [0.5, 0.6) is 5.75 Å². The molecule has 0 saturated carbocycles. The highest BCUT2D eigenvalue weighted by atomic mass is 32.2. The molecule has 2 unspecified atom stereocenters. The molecule has 7 heteroatoms. The third kappa shape index (κ3) is 4.03. The fraction of sp³-hybridized carbons (Fsp3) is 0.625. The first kappa shape index (κ1) is 18.2. The smallest absolute Gasteiger partial charge is 0.333 e. The van der Waals surface area contributed by atoms with Gasteiger partial charge >= 0.3 is 10.3 Å². The lowest BCUT2D eigenvalue weighted by Crippen LogP contribution is -2.35. The molecule has 0 bridgehead atoms. The Morgan fingerprint density at radius 2 is 2.09 bits per heavy atom. The van der Waals surface area contributed by atoms with Crippen LogP contribution in [0.25, 0.3) is 0 Å². The highest BCUT2D eigenvalue weighted by molar-refractivity contribution is 7.83. The highest BCUT2D eigenvalue weighted by Gasteiger charge is 2.42. The quantitative estimate of drug-likeness (QED) is 0.744. The highest BCUT2D eigenvalue weighted by Crippen LogP contribution is 2.44. The van der Waals surface area contributed by atoms with Gasteiger partial charge in [0.2, 0.25) is 6.29 Å². The van der Waals surface area contributed by atoms with Gasteiger partial charge in [0, 0.05) is 11.6 Å². The lowest BCUT2D eigenvalue weighted by atomic mass is 9.84. The summed E-state index contributed by atoms with van der Waals surface area (Å²) in [6, 6.07) is 5.08. The summed E-state index contributed by atoms with van der Waals surface area (Å²) >= 11 is 0. The number of hydrogen-bond donors (Lipinski definition) is 2. The van der Waals surface area contributed by atoms with Gasteiger partial charge in [0.05, 0.1) is 12.0 Å². The molecular weight excluding hydrogens is 318 g/mol. The van der Waals surface area contributed by atoms with Crippen molar-refractivity contribution in [1.29, 1.82) is 0 Å². The summed E-state index contributed by atoms with van der Waals surface area (Å²) in [5.74, 6) is 0.751. The van der Waals surface area contributed by atoms with Crippen LogP contribution in [0.15, 0.2) is 18.2 Å². The summed E-state index contributed by atoms with van der Waals surface area (Å²) in [5, 5.41) is 0. The monoisotopic (exact) mass is 343 g/mol. The van der Waals surface area contributed by atoms with Crippen molar-refractivity contribution in [2.75, 3.05) is 6.61 Å². The Kier molecular flexibility index (Phi) is 5.35. The molecule has 1 aliphatic rings. The van der Waals surface area contributed by atoms with E-state index in [0.717, 1.165) is 23.3 Å². The molecule has 1 heterocycles. The normalized spacial score (nSPS) is 20.8. The lowest BCUT2D eigenvalue weighted by molar-refractivity contribution is -0.102. The minimum Gasteiger partial charge on any atom is -0.464 e. The molecule has 1 aromatic carbocycles. The Balaban J connectivity index is 2.30. The molecule has 0 aromatic heterocycles. The summed E-state index contributed by atoms with van der Waals surface area (Å²) < 4.78 is 45.2. The van der Waals surface area contributed by atoms with Gasteiger partial charge in [-0.05, 0) is 44.4 Å². The van der Waals surface area contributed by atoms with E-state index in [1.165, 1.54) is 0 Å². The molecule has 0 saturated heterocycles. The Bertz CT molecular complexity index is 656. The number of hydrogen-bond acceptors (Lipinski definition) is 4. The summed E-state index contributed by atoms with van der Waals surface area (Å²) in [7, 11) is -4.26. The lowest BCUT2D eigenvalue weighted by Gasteiger charge is -2.26. The average molecular weight is 343 g/mol. The number of nitrogens with one attached hydrogen (secondary N) is 1. The first-order chi connectivity index (χ1) is 10.7. The SMILES string of the molecule is CCCOC1Oc2ccc(C(CC)NS(=O)(=O)O)cc2C1(C)C. The van der Waals surface area contributed by atoms with Crippen LogP contribution in [0.1, 0.15) is 57.7 Å². The van der Waals surface area contributed by atoms with Gasteiger partial charge < -0.3 is 9.47 Å². The van der Waals surface area contributed by atoms with Crippen LogP contribution < -0.4 is 9.46 Å². The van der Waals surface area contributed by atoms with Crippen molar-refractivity contribution in [3.05, 3.63) is 29.3 Å². The number of fused-ring (bicyclic) bond motifs is 1. The summed E-state index contributed by atoms with van der Waals surface area (Å²) in [6.07, 6.45) is 1.07. The molecule has 0 spiro atoms. The molecule has 2 rings (SSSR count). The van der Waals surface area contributed by atoms with E-state index in [9.17, 15) is 8.42 Å². The van der Waals surface area contributed by atoms with Gasteiger partial charge in [0.25, 0.3) is 0 Å². The van der Waals surface area contributed by atoms with E-state index < -0.39 is 16.3 Å². The Morgan fingerprint density at radius 3 is 2.65 bits per heavy atom. The van der Waals surface area contributed by atoms with E-state index in [-0.39, 0.29) is 11.7 Å². The van der Waals surface area contributed by atoms with Crippen molar-refractivity contribution < 1.29 is 22.4 Å². The van der Waals surface area contributed by atoms with Crippen molar-refractivity contribution in [2.24, 2.45) is 0 Å². The first-order valence-electron chi connectivity index (χ1n) is 7.86. The maximum Gasteiger partial charge on any atom is 0.333 e. The van der Waals surface area contributed by atoms with E-state index in [0.29, 0.717) is 13.0 Å². The first-order valence-corrected chi connectivity index (χ1v) is 9.30. The molecular formula is C16H25NO5S. The van der Waals surface area contributed by atoms with Crippen molar-refractivity contribution in [3.8, 4) is 5.75 Å². The zero-order valence-electron chi connectivity index (χ0n) is 14.0. The molecule has 1 aliphatic heterocycles. The predicted octanol–water partition coefficient (Wildman–Crippen LogP) is 2.95. The summed E-state index contributed by atoms with van der Waals surface area (Å²) in [6.45, 7) is 8.60. The van der Waals surface area contributed by atoms with E-state index in [2.05, 4.69) is 4.72 Å². The number of benzene rings is 1. The second-order valence-electron chi connectivity index (χ2n) is 6.35. The Hall–Kier alpha value is -1.15. The largest absolute Gasteiger partial charge is 0.464 e. The zero-order chi connectivity index (χ0) is 17.3. The minimum absolute atomic E-state index is 0.336. The van der Waals surface area contributed by atoms with Gasteiger partial charge in [0.1, 0.15) is 5.75 Å². The van der Waals surface area contributed by atoms with Crippen LogP contribution in [0.2, 0.25) is 0 Å². The zero-order valence-corrected chi connectivity index (χ0v) is 14.8. The van der Waals surface area contributed by atoms with Gasteiger partial charge in [-0.3, -0.25) is 4.55 Å². The van der Waals surface area contributed by atoms with Gasteiger partial charge in [-0.15, -0.1) is 0 Å². The minimum atomic E-state index is -4.26. The Labute approximate surface area is 138 Å². The maximum atomic E-state index is 11.1. The number of ether oxygens (including phenoxy) is 2. The van der Waals surface area contributed by atoms with Crippen LogP contribution in [0.4, 0.5) is 0 Å². The van der Waals surface area contributed by atoms with Crippen molar-refractivity contribution in [1.82, 2.24) is 4.72 Å². The van der Waals surface area contributed by atoms with E-state index in [1.807, 2.05) is 45.9 Å². The van der Waals surface area contributed by atoms with Gasteiger partial charge in [-0.1, -0.05) is 19.9 Å². The predicted molar refractivity (Wildman–Crippen MR) is 87.8 cm³/mol. The average Bonchev–Trinajstić information content (AvgIpc) is 2.72. The standard InChI is InChI=1S/C16H25NO5S/c1-5-9-21-15-16(3,4)12-10-11(7-8-14(12)22-15)13(6-2)17-23(18,19)20/h7-8,10,13,15,17H,5-6,9H2,1-4H3,(H,18,19,20). The topological polar surface area (TPSA) is 84.9 Å².